The molecule has 1 N–H and O–H groups in total. The van der Waals surface area contributed by atoms with E-state index in [1.54, 1.807) is 12.1 Å². The fourth-order valence-electron chi connectivity index (χ4n) is 2.60. The van der Waals surface area contributed by atoms with Gasteiger partial charge in [0.1, 0.15) is 11.1 Å². The second-order valence-electron chi connectivity index (χ2n) is 6.81. The Balaban J connectivity index is 1.97. The number of carbonyl (C=O) groups is 1. The average molecular weight is 396 g/mol. The van der Waals surface area contributed by atoms with Crippen LogP contribution in [0.25, 0.3) is 11.3 Å². The maximum Gasteiger partial charge on any atom is 0.250 e. The minimum Gasteiger partial charge on any atom is -0.478 e. The maximum atomic E-state index is 12.6. The van der Waals surface area contributed by atoms with Gasteiger partial charge in [0.05, 0.1) is 13.0 Å². The second-order valence-corrected chi connectivity index (χ2v) is 7.22. The number of nitrogens with one attached hydrogen (secondary N) is 1. The molecule has 0 aliphatic carbocycles. The molecule has 0 saturated carbocycles. The third kappa shape index (κ3) is 5.30. The number of ether oxygens (including phenoxy) is 1. The number of carbonyl (C=O) groups excluding carboxylic acids is 1. The Bertz CT molecular complexity index is 1010. The molecule has 2 aromatic carbocycles. The minimum atomic E-state index is -0.298. The number of H-pyrrole nitrogens is 1. The Hall–Kier alpha value is -2.92. The third-order valence-corrected chi connectivity index (χ3v) is 4.32. The third-order valence-electron chi connectivity index (χ3n) is 3.95. The van der Waals surface area contributed by atoms with Gasteiger partial charge in [-0.1, -0.05) is 74.0 Å². The number of aromatic nitrogens is 2. The normalized spacial score (nSPS) is 11.6. The monoisotopic (exact) mass is 395 g/mol. The number of hydrogen-bond donors (Lipinski definition) is 1. The van der Waals surface area contributed by atoms with Crippen LogP contribution in [0, 0.1) is 5.92 Å². The first-order valence-corrected chi connectivity index (χ1v) is 9.49. The number of rotatable bonds is 6. The lowest BCUT2D eigenvalue weighted by Gasteiger charge is -2.09. The summed E-state index contributed by atoms with van der Waals surface area (Å²) < 4.78 is 5.71. The number of nitrogens with zero attached hydrogens (tertiary/aromatic N) is 2. The van der Waals surface area contributed by atoms with Crippen LogP contribution in [0.15, 0.2) is 65.7 Å². The van der Waals surface area contributed by atoms with Crippen LogP contribution in [-0.4, -0.2) is 22.7 Å². The van der Waals surface area contributed by atoms with Crippen molar-refractivity contribution in [1.82, 2.24) is 10.2 Å². The SMILES string of the molecule is CC(C)COc1cc(=NC(=O)Cc2ccccc2Cl)c(-c2ccccc2)n[nH]1. The molecule has 0 spiro atoms. The van der Waals surface area contributed by atoms with Gasteiger partial charge >= 0.3 is 0 Å². The molecular weight excluding hydrogens is 374 g/mol. The van der Waals surface area contributed by atoms with Crippen molar-refractivity contribution < 1.29 is 9.53 Å². The molecule has 0 radical (unpaired) electrons. The standard InChI is InChI=1S/C22H22ClN3O2/c1-15(2)14-28-21-13-19(22(26-25-21)16-8-4-3-5-9-16)24-20(27)12-17-10-6-7-11-18(17)23/h3-11,13,15H,12,14H2,1-2H3,(H,24,25,27). The van der Waals surface area contributed by atoms with Crippen LogP contribution in [-0.2, 0) is 11.2 Å². The summed E-state index contributed by atoms with van der Waals surface area (Å²) in [5.41, 5.74) is 2.19. The van der Waals surface area contributed by atoms with E-state index in [4.69, 9.17) is 16.3 Å². The van der Waals surface area contributed by atoms with Crippen molar-refractivity contribution >= 4 is 17.5 Å². The van der Waals surface area contributed by atoms with Crippen LogP contribution in [0.4, 0.5) is 0 Å². The van der Waals surface area contributed by atoms with E-state index >= 15 is 0 Å². The molecule has 28 heavy (non-hydrogen) atoms. The van der Waals surface area contributed by atoms with Crippen LogP contribution < -0.4 is 10.1 Å². The first-order chi connectivity index (χ1) is 13.5. The molecule has 6 heteroatoms. The van der Waals surface area contributed by atoms with Gasteiger partial charge in [-0.25, -0.2) is 10.1 Å². The van der Waals surface area contributed by atoms with E-state index in [1.165, 1.54) is 0 Å². The van der Waals surface area contributed by atoms with Crippen molar-refractivity contribution in [2.75, 3.05) is 6.61 Å². The lowest BCUT2D eigenvalue weighted by atomic mass is 10.1. The summed E-state index contributed by atoms with van der Waals surface area (Å²) in [6, 6.07) is 18.6. The molecule has 0 unspecified atom stereocenters. The second kappa shape index (κ2) is 9.33. The van der Waals surface area contributed by atoms with E-state index in [9.17, 15) is 4.79 Å². The molecule has 0 aliphatic heterocycles. The number of benzene rings is 2. The van der Waals surface area contributed by atoms with Gasteiger partial charge in [0.25, 0.3) is 5.91 Å². The minimum absolute atomic E-state index is 0.120. The van der Waals surface area contributed by atoms with Gasteiger partial charge in [-0.2, -0.15) is 5.10 Å². The maximum absolute atomic E-state index is 12.6. The van der Waals surface area contributed by atoms with E-state index in [0.717, 1.165) is 11.1 Å². The predicted molar refractivity (Wildman–Crippen MR) is 110 cm³/mol. The Morgan fingerprint density at radius 3 is 2.57 bits per heavy atom. The van der Waals surface area contributed by atoms with E-state index in [-0.39, 0.29) is 12.3 Å². The summed E-state index contributed by atoms with van der Waals surface area (Å²) in [6.45, 7) is 4.66. The molecule has 3 rings (SSSR count). The van der Waals surface area contributed by atoms with Gasteiger partial charge in [-0.15, -0.1) is 0 Å². The highest BCUT2D eigenvalue weighted by Gasteiger charge is 2.10. The van der Waals surface area contributed by atoms with E-state index in [1.807, 2.05) is 48.5 Å². The van der Waals surface area contributed by atoms with Crippen LogP contribution in [0.1, 0.15) is 19.4 Å². The van der Waals surface area contributed by atoms with Crippen molar-refractivity contribution in [1.29, 1.82) is 0 Å². The van der Waals surface area contributed by atoms with Crippen LogP contribution in [0.2, 0.25) is 5.02 Å². The summed E-state index contributed by atoms with van der Waals surface area (Å²) in [5.74, 6) is 0.537. The zero-order chi connectivity index (χ0) is 19.9. The van der Waals surface area contributed by atoms with E-state index in [0.29, 0.717) is 34.5 Å². The molecule has 1 amide bonds. The first-order valence-electron chi connectivity index (χ1n) is 9.12. The fraction of sp³-hybridized carbons (Fsp3) is 0.227. The number of aromatic amines is 1. The van der Waals surface area contributed by atoms with Gasteiger partial charge in [-0.3, -0.25) is 4.79 Å². The summed E-state index contributed by atoms with van der Waals surface area (Å²) in [5, 5.41) is 8.29. The Morgan fingerprint density at radius 2 is 1.86 bits per heavy atom. The Kier molecular flexibility index (Phi) is 6.61. The lowest BCUT2D eigenvalue weighted by molar-refractivity contribution is -0.117. The van der Waals surface area contributed by atoms with E-state index < -0.39 is 0 Å². The smallest absolute Gasteiger partial charge is 0.250 e. The Labute approximate surface area is 169 Å². The zero-order valence-corrected chi connectivity index (χ0v) is 16.6. The largest absolute Gasteiger partial charge is 0.478 e. The van der Waals surface area contributed by atoms with Crippen LogP contribution in [0.5, 0.6) is 5.88 Å². The van der Waals surface area contributed by atoms with Crippen molar-refractivity contribution in [2.45, 2.75) is 20.3 Å². The highest BCUT2D eigenvalue weighted by atomic mass is 35.5. The van der Waals surface area contributed by atoms with Gasteiger partial charge in [0, 0.05) is 16.7 Å². The Morgan fingerprint density at radius 1 is 1.14 bits per heavy atom. The average Bonchev–Trinajstić information content (AvgIpc) is 2.69. The summed E-state index contributed by atoms with van der Waals surface area (Å²) in [7, 11) is 0. The van der Waals surface area contributed by atoms with Crippen molar-refractivity contribution in [2.24, 2.45) is 10.9 Å². The first kappa shape index (κ1) is 19.8. The fourth-order valence-corrected chi connectivity index (χ4v) is 2.80. The van der Waals surface area contributed by atoms with Gasteiger partial charge in [-0.05, 0) is 17.5 Å². The van der Waals surface area contributed by atoms with Crippen LogP contribution >= 0.6 is 11.6 Å². The summed E-state index contributed by atoms with van der Waals surface area (Å²) in [6.07, 6.45) is 0.120. The number of amides is 1. The van der Waals surface area contributed by atoms with E-state index in [2.05, 4.69) is 29.0 Å². The molecule has 0 fully saturated rings. The van der Waals surface area contributed by atoms with Crippen molar-refractivity contribution in [3.63, 3.8) is 0 Å². The predicted octanol–water partition coefficient (Wildman–Crippen LogP) is 4.43. The molecule has 1 heterocycles. The number of hydrogen-bond acceptors (Lipinski definition) is 3. The molecule has 0 aliphatic rings. The van der Waals surface area contributed by atoms with Crippen molar-refractivity contribution in [3.05, 3.63) is 76.6 Å². The highest BCUT2D eigenvalue weighted by molar-refractivity contribution is 6.31. The quantitative estimate of drug-likeness (QED) is 0.671. The topological polar surface area (TPSA) is 67.3 Å². The molecule has 0 atom stereocenters. The summed E-state index contributed by atoms with van der Waals surface area (Å²) >= 11 is 6.16. The molecule has 5 nitrogen and oxygen atoms in total. The van der Waals surface area contributed by atoms with Crippen LogP contribution in [0.3, 0.4) is 0 Å². The van der Waals surface area contributed by atoms with Crippen molar-refractivity contribution in [3.8, 4) is 17.1 Å². The molecule has 0 bridgehead atoms. The molecule has 144 valence electrons. The summed E-state index contributed by atoms with van der Waals surface area (Å²) in [4.78, 5) is 16.9. The molecule has 1 aromatic heterocycles. The van der Waals surface area contributed by atoms with Gasteiger partial charge in [0.2, 0.25) is 5.88 Å². The number of halogens is 1. The lowest BCUT2D eigenvalue weighted by Crippen LogP contribution is -2.16. The molecule has 3 aromatic rings. The highest BCUT2D eigenvalue weighted by Crippen LogP contribution is 2.16. The zero-order valence-electron chi connectivity index (χ0n) is 15.9. The van der Waals surface area contributed by atoms with Gasteiger partial charge < -0.3 is 4.74 Å². The van der Waals surface area contributed by atoms with Gasteiger partial charge in [0.15, 0.2) is 0 Å². The molecule has 0 saturated heterocycles. The molecular formula is C22H22ClN3O2.